The number of aliphatic carboxylic acids is 1. The highest BCUT2D eigenvalue weighted by Crippen LogP contribution is 2.34. The SMILES string of the molecule is CC1(C)CCC(C(=O)O)CN1c1ccc(C#N)cc1. The molecule has 1 fully saturated rings. The minimum atomic E-state index is -0.728. The van der Waals surface area contributed by atoms with Crippen molar-refractivity contribution in [3.63, 3.8) is 0 Å². The lowest BCUT2D eigenvalue weighted by Crippen LogP contribution is -2.52. The highest BCUT2D eigenvalue weighted by Gasteiger charge is 2.36. The average Bonchev–Trinajstić information content (AvgIpc) is 2.38. The maximum atomic E-state index is 11.2. The van der Waals surface area contributed by atoms with E-state index in [4.69, 9.17) is 5.26 Å². The fraction of sp³-hybridized carbons (Fsp3) is 0.467. The molecular weight excluding hydrogens is 240 g/mol. The topological polar surface area (TPSA) is 64.3 Å². The zero-order valence-electron chi connectivity index (χ0n) is 11.3. The molecule has 2 rings (SSSR count). The monoisotopic (exact) mass is 258 g/mol. The Bertz CT molecular complexity index is 514. The number of anilines is 1. The Morgan fingerprint density at radius 2 is 2.05 bits per heavy atom. The molecule has 1 aromatic rings. The van der Waals surface area contributed by atoms with Crippen molar-refractivity contribution in [1.82, 2.24) is 0 Å². The van der Waals surface area contributed by atoms with Crippen molar-refractivity contribution < 1.29 is 9.90 Å². The van der Waals surface area contributed by atoms with Crippen LogP contribution in [0.2, 0.25) is 0 Å². The fourth-order valence-corrected chi connectivity index (χ4v) is 2.59. The van der Waals surface area contributed by atoms with Crippen LogP contribution >= 0.6 is 0 Å². The maximum absolute atomic E-state index is 11.2. The number of carboxylic acid groups (broad SMARTS) is 1. The third kappa shape index (κ3) is 2.70. The summed E-state index contributed by atoms with van der Waals surface area (Å²) in [7, 11) is 0. The Balaban J connectivity index is 2.27. The summed E-state index contributed by atoms with van der Waals surface area (Å²) in [5.74, 6) is -1.04. The molecular formula is C15H18N2O2. The van der Waals surface area contributed by atoms with Gasteiger partial charge in [0.2, 0.25) is 0 Å². The van der Waals surface area contributed by atoms with Crippen LogP contribution in [0.5, 0.6) is 0 Å². The molecule has 1 heterocycles. The Kier molecular flexibility index (Phi) is 3.48. The van der Waals surface area contributed by atoms with E-state index >= 15 is 0 Å². The van der Waals surface area contributed by atoms with Gasteiger partial charge in [-0.05, 0) is 51.0 Å². The molecule has 0 radical (unpaired) electrons. The number of hydrogen-bond acceptors (Lipinski definition) is 3. The van der Waals surface area contributed by atoms with E-state index in [0.717, 1.165) is 18.5 Å². The van der Waals surface area contributed by atoms with Gasteiger partial charge in [-0.25, -0.2) is 0 Å². The van der Waals surface area contributed by atoms with Crippen LogP contribution in [0.3, 0.4) is 0 Å². The molecule has 1 saturated heterocycles. The summed E-state index contributed by atoms with van der Waals surface area (Å²) in [6.07, 6.45) is 1.57. The van der Waals surface area contributed by atoms with E-state index in [0.29, 0.717) is 12.1 Å². The quantitative estimate of drug-likeness (QED) is 0.885. The molecule has 1 unspecified atom stereocenters. The maximum Gasteiger partial charge on any atom is 0.308 e. The Labute approximate surface area is 113 Å². The molecule has 1 aliphatic heterocycles. The molecule has 4 heteroatoms. The summed E-state index contributed by atoms with van der Waals surface area (Å²) in [5.41, 5.74) is 1.54. The predicted molar refractivity (Wildman–Crippen MR) is 72.9 cm³/mol. The molecule has 0 bridgehead atoms. The lowest BCUT2D eigenvalue weighted by Gasteiger charge is -2.46. The Hall–Kier alpha value is -2.02. The minimum absolute atomic E-state index is 0.0554. The van der Waals surface area contributed by atoms with Crippen LogP contribution in [0.15, 0.2) is 24.3 Å². The number of nitrogens with zero attached hydrogens (tertiary/aromatic N) is 2. The predicted octanol–water partition coefficient (Wildman–Crippen LogP) is 2.64. The van der Waals surface area contributed by atoms with Gasteiger partial charge < -0.3 is 10.0 Å². The lowest BCUT2D eigenvalue weighted by atomic mass is 9.84. The van der Waals surface area contributed by atoms with Crippen molar-refractivity contribution in [3.8, 4) is 6.07 Å². The molecule has 4 nitrogen and oxygen atoms in total. The van der Waals surface area contributed by atoms with Crippen LogP contribution in [0.1, 0.15) is 32.3 Å². The van der Waals surface area contributed by atoms with Gasteiger partial charge in [-0.1, -0.05) is 0 Å². The first-order chi connectivity index (χ1) is 8.94. The lowest BCUT2D eigenvalue weighted by molar-refractivity contribution is -0.142. The fourth-order valence-electron chi connectivity index (χ4n) is 2.59. The van der Waals surface area contributed by atoms with Crippen LogP contribution in [-0.2, 0) is 4.79 Å². The largest absolute Gasteiger partial charge is 0.481 e. The molecule has 0 amide bonds. The van der Waals surface area contributed by atoms with Crippen LogP contribution in [-0.4, -0.2) is 23.2 Å². The molecule has 0 saturated carbocycles. The van der Waals surface area contributed by atoms with E-state index in [1.807, 2.05) is 12.1 Å². The minimum Gasteiger partial charge on any atom is -0.481 e. The van der Waals surface area contributed by atoms with Gasteiger partial charge in [0.25, 0.3) is 0 Å². The second-order valence-electron chi connectivity index (χ2n) is 5.66. The molecule has 1 aliphatic rings. The average molecular weight is 258 g/mol. The van der Waals surface area contributed by atoms with E-state index < -0.39 is 5.97 Å². The van der Waals surface area contributed by atoms with Crippen molar-refractivity contribution in [2.45, 2.75) is 32.2 Å². The summed E-state index contributed by atoms with van der Waals surface area (Å²) >= 11 is 0. The third-order valence-electron chi connectivity index (χ3n) is 3.90. The zero-order chi connectivity index (χ0) is 14.0. The summed E-state index contributed by atoms with van der Waals surface area (Å²) in [6.45, 7) is 4.78. The molecule has 1 aromatic carbocycles. The molecule has 19 heavy (non-hydrogen) atoms. The van der Waals surface area contributed by atoms with E-state index in [9.17, 15) is 9.90 Å². The number of piperidine rings is 1. The zero-order valence-corrected chi connectivity index (χ0v) is 11.3. The van der Waals surface area contributed by atoms with Gasteiger partial charge >= 0.3 is 5.97 Å². The number of carbonyl (C=O) groups is 1. The van der Waals surface area contributed by atoms with Crippen LogP contribution in [0.4, 0.5) is 5.69 Å². The van der Waals surface area contributed by atoms with Crippen molar-refractivity contribution >= 4 is 11.7 Å². The number of benzene rings is 1. The van der Waals surface area contributed by atoms with Crippen molar-refractivity contribution in [2.75, 3.05) is 11.4 Å². The molecule has 0 aromatic heterocycles. The first-order valence-electron chi connectivity index (χ1n) is 6.44. The third-order valence-corrected chi connectivity index (χ3v) is 3.90. The Morgan fingerprint density at radius 3 is 2.58 bits per heavy atom. The number of nitriles is 1. The van der Waals surface area contributed by atoms with E-state index in [1.165, 1.54) is 0 Å². The van der Waals surface area contributed by atoms with E-state index in [2.05, 4.69) is 24.8 Å². The normalized spacial score (nSPS) is 21.7. The second kappa shape index (κ2) is 4.93. The number of carboxylic acids is 1. The van der Waals surface area contributed by atoms with Crippen LogP contribution in [0, 0.1) is 17.2 Å². The van der Waals surface area contributed by atoms with E-state index in [1.54, 1.807) is 12.1 Å². The number of rotatable bonds is 2. The summed E-state index contributed by atoms with van der Waals surface area (Å²) in [6, 6.07) is 9.43. The highest BCUT2D eigenvalue weighted by molar-refractivity contribution is 5.71. The first-order valence-corrected chi connectivity index (χ1v) is 6.44. The van der Waals surface area contributed by atoms with Gasteiger partial charge in [-0.3, -0.25) is 4.79 Å². The van der Waals surface area contributed by atoms with Gasteiger partial charge in [-0.15, -0.1) is 0 Å². The van der Waals surface area contributed by atoms with Crippen LogP contribution in [0.25, 0.3) is 0 Å². The highest BCUT2D eigenvalue weighted by atomic mass is 16.4. The summed E-state index contributed by atoms with van der Waals surface area (Å²) in [4.78, 5) is 13.3. The standard InChI is InChI=1S/C15H18N2O2/c1-15(2)8-7-12(14(18)19)10-17(15)13-5-3-11(9-16)4-6-13/h3-6,12H,7-8,10H2,1-2H3,(H,18,19). The Morgan fingerprint density at radius 1 is 1.42 bits per heavy atom. The molecule has 100 valence electrons. The van der Waals surface area contributed by atoms with Gasteiger partial charge in [0.1, 0.15) is 0 Å². The molecule has 1 N–H and O–H groups in total. The van der Waals surface area contributed by atoms with Gasteiger partial charge in [0.05, 0.1) is 17.6 Å². The smallest absolute Gasteiger partial charge is 0.308 e. The first kappa shape index (κ1) is 13.4. The van der Waals surface area contributed by atoms with Gasteiger partial charge in [0, 0.05) is 17.8 Å². The van der Waals surface area contributed by atoms with Crippen molar-refractivity contribution in [3.05, 3.63) is 29.8 Å². The van der Waals surface area contributed by atoms with Crippen molar-refractivity contribution in [2.24, 2.45) is 5.92 Å². The summed E-state index contributed by atoms with van der Waals surface area (Å²) in [5, 5.41) is 18.0. The second-order valence-corrected chi connectivity index (χ2v) is 5.66. The van der Waals surface area contributed by atoms with E-state index in [-0.39, 0.29) is 11.5 Å². The molecule has 0 aliphatic carbocycles. The van der Waals surface area contributed by atoms with Crippen molar-refractivity contribution in [1.29, 1.82) is 5.26 Å². The molecule has 1 atom stereocenters. The molecule has 0 spiro atoms. The van der Waals surface area contributed by atoms with Gasteiger partial charge in [-0.2, -0.15) is 5.26 Å². The van der Waals surface area contributed by atoms with Crippen LogP contribution < -0.4 is 4.90 Å². The number of hydrogen-bond donors (Lipinski definition) is 1. The van der Waals surface area contributed by atoms with Gasteiger partial charge in [0.15, 0.2) is 0 Å². The summed E-state index contributed by atoms with van der Waals surface area (Å²) < 4.78 is 0.